The molecule has 0 N–H and O–H groups in total. The zero-order valence-electron chi connectivity index (χ0n) is 13.2. The summed E-state index contributed by atoms with van der Waals surface area (Å²) in [5.41, 5.74) is 0.695. The van der Waals surface area contributed by atoms with Gasteiger partial charge in [-0.05, 0) is 23.8 Å². The highest BCUT2D eigenvalue weighted by Crippen LogP contribution is 2.16. The molecule has 1 saturated heterocycles. The normalized spacial score (nSPS) is 18.9. The first-order chi connectivity index (χ1) is 10.4. The molecule has 1 aromatic heterocycles. The highest BCUT2D eigenvalue weighted by atomic mass is 32.2. The fourth-order valence-electron chi connectivity index (χ4n) is 2.53. The van der Waals surface area contributed by atoms with Crippen molar-refractivity contribution in [1.82, 2.24) is 9.21 Å². The molecule has 0 radical (unpaired) electrons. The van der Waals surface area contributed by atoms with Crippen LogP contribution in [0.2, 0.25) is 0 Å². The van der Waals surface area contributed by atoms with E-state index in [0.717, 1.165) is 6.42 Å². The van der Waals surface area contributed by atoms with Crippen LogP contribution in [-0.4, -0.2) is 55.5 Å². The van der Waals surface area contributed by atoms with Crippen molar-refractivity contribution in [1.29, 1.82) is 0 Å². The molecule has 1 amide bonds. The molecule has 7 heteroatoms. The van der Waals surface area contributed by atoms with Crippen LogP contribution < -0.4 is 0 Å². The molecule has 1 atom stereocenters. The van der Waals surface area contributed by atoms with E-state index in [2.05, 4.69) is 0 Å². The fraction of sp³-hybridized carbons (Fsp3) is 0.667. The summed E-state index contributed by atoms with van der Waals surface area (Å²) >= 11 is 1.50. The lowest BCUT2D eigenvalue weighted by Crippen LogP contribution is -2.39. The van der Waals surface area contributed by atoms with Gasteiger partial charge in [-0.1, -0.05) is 20.3 Å². The molecule has 0 bridgehead atoms. The van der Waals surface area contributed by atoms with Gasteiger partial charge in [0.25, 0.3) is 5.91 Å². The van der Waals surface area contributed by atoms with Gasteiger partial charge in [0.2, 0.25) is 10.0 Å². The van der Waals surface area contributed by atoms with Crippen LogP contribution in [0.3, 0.4) is 0 Å². The van der Waals surface area contributed by atoms with E-state index in [1.54, 1.807) is 9.21 Å². The summed E-state index contributed by atoms with van der Waals surface area (Å²) in [6, 6.07) is 1.81. The average molecular weight is 345 g/mol. The first-order valence-corrected chi connectivity index (χ1v) is 10.3. The summed E-state index contributed by atoms with van der Waals surface area (Å²) in [5, 5.41) is 3.72. The van der Waals surface area contributed by atoms with Gasteiger partial charge >= 0.3 is 0 Å². The lowest BCUT2D eigenvalue weighted by atomic mass is 10.2. The van der Waals surface area contributed by atoms with Crippen LogP contribution >= 0.6 is 11.3 Å². The van der Waals surface area contributed by atoms with Crippen molar-refractivity contribution in [2.45, 2.75) is 26.7 Å². The average Bonchev–Trinajstić information content (AvgIpc) is 2.89. The lowest BCUT2D eigenvalue weighted by molar-refractivity contribution is 0.0765. The third-order valence-corrected chi connectivity index (χ3v) is 6.92. The predicted octanol–water partition coefficient (Wildman–Crippen LogP) is 2.27. The van der Waals surface area contributed by atoms with Crippen LogP contribution in [0.5, 0.6) is 0 Å². The highest BCUT2D eigenvalue weighted by molar-refractivity contribution is 7.89. The minimum Gasteiger partial charge on any atom is -0.337 e. The Bertz CT molecular complexity index is 584. The van der Waals surface area contributed by atoms with E-state index in [9.17, 15) is 13.2 Å². The van der Waals surface area contributed by atoms with E-state index < -0.39 is 10.0 Å². The van der Waals surface area contributed by atoms with Crippen molar-refractivity contribution in [2.75, 3.05) is 31.9 Å². The Balaban J connectivity index is 1.99. The Hall–Kier alpha value is -0.920. The highest BCUT2D eigenvalue weighted by Gasteiger charge is 2.28. The fourth-order valence-corrected chi connectivity index (χ4v) is 5.09. The second kappa shape index (κ2) is 7.57. The Morgan fingerprint density at radius 1 is 1.32 bits per heavy atom. The molecule has 0 aromatic carbocycles. The van der Waals surface area contributed by atoms with Gasteiger partial charge < -0.3 is 4.90 Å². The molecule has 0 aliphatic carbocycles. The van der Waals surface area contributed by atoms with Crippen LogP contribution in [0.15, 0.2) is 16.8 Å². The van der Waals surface area contributed by atoms with Crippen LogP contribution in [0.1, 0.15) is 37.0 Å². The number of rotatable bonds is 5. The smallest absolute Gasteiger partial charge is 0.254 e. The predicted molar refractivity (Wildman–Crippen MR) is 89.7 cm³/mol. The molecule has 0 saturated carbocycles. The molecule has 2 heterocycles. The van der Waals surface area contributed by atoms with E-state index in [-0.39, 0.29) is 17.6 Å². The summed E-state index contributed by atoms with van der Waals surface area (Å²) in [5.74, 6) is 0.362. The van der Waals surface area contributed by atoms with Crippen LogP contribution in [0.4, 0.5) is 0 Å². The standard InChI is InChI=1S/C15H24N2O3S2/c1-3-13(2)12-22(19,20)17-7-4-6-16(8-9-17)15(18)14-5-10-21-11-14/h5,10-11,13H,3-4,6-9,12H2,1-2H3. The summed E-state index contributed by atoms with van der Waals surface area (Å²) in [7, 11) is -3.22. The van der Waals surface area contributed by atoms with Gasteiger partial charge in [-0.15, -0.1) is 0 Å². The first-order valence-electron chi connectivity index (χ1n) is 7.73. The molecule has 1 aromatic rings. The quantitative estimate of drug-likeness (QED) is 0.823. The molecule has 1 fully saturated rings. The van der Waals surface area contributed by atoms with Gasteiger partial charge in [0.1, 0.15) is 0 Å². The molecule has 1 aliphatic heterocycles. The Morgan fingerprint density at radius 2 is 2.09 bits per heavy atom. The second-order valence-electron chi connectivity index (χ2n) is 5.85. The maximum absolute atomic E-state index is 12.4. The SMILES string of the molecule is CCC(C)CS(=O)(=O)N1CCCN(C(=O)c2ccsc2)CC1. The zero-order chi connectivity index (χ0) is 16.2. The number of carbonyl (C=O) groups excluding carboxylic acids is 1. The zero-order valence-corrected chi connectivity index (χ0v) is 14.8. The van der Waals surface area contributed by atoms with Gasteiger partial charge in [0.05, 0.1) is 11.3 Å². The third-order valence-electron chi connectivity index (χ3n) is 4.10. The van der Waals surface area contributed by atoms with Gasteiger partial charge in [0.15, 0.2) is 0 Å². The van der Waals surface area contributed by atoms with E-state index >= 15 is 0 Å². The summed E-state index contributed by atoms with van der Waals surface area (Å²) in [6.45, 7) is 5.95. The Labute approximate surface area is 137 Å². The number of nitrogens with zero attached hydrogens (tertiary/aromatic N) is 2. The van der Waals surface area contributed by atoms with Crippen molar-refractivity contribution in [3.8, 4) is 0 Å². The maximum atomic E-state index is 12.4. The molecule has 0 spiro atoms. The van der Waals surface area contributed by atoms with Gasteiger partial charge in [-0.25, -0.2) is 12.7 Å². The second-order valence-corrected chi connectivity index (χ2v) is 8.64. The molecule has 1 aliphatic rings. The minimum absolute atomic E-state index is 0.00224. The lowest BCUT2D eigenvalue weighted by Gasteiger charge is -2.22. The largest absolute Gasteiger partial charge is 0.337 e. The van der Waals surface area contributed by atoms with E-state index in [0.29, 0.717) is 38.2 Å². The monoisotopic (exact) mass is 344 g/mol. The van der Waals surface area contributed by atoms with Gasteiger partial charge in [-0.2, -0.15) is 11.3 Å². The number of sulfonamides is 1. The number of hydrogen-bond donors (Lipinski definition) is 0. The molecule has 2 rings (SSSR count). The number of amides is 1. The van der Waals surface area contributed by atoms with Crippen molar-refractivity contribution in [3.05, 3.63) is 22.4 Å². The van der Waals surface area contributed by atoms with E-state index in [1.807, 2.05) is 30.7 Å². The minimum atomic E-state index is -3.22. The van der Waals surface area contributed by atoms with Crippen molar-refractivity contribution < 1.29 is 13.2 Å². The molecular weight excluding hydrogens is 320 g/mol. The number of thiophene rings is 1. The van der Waals surface area contributed by atoms with E-state index in [4.69, 9.17) is 0 Å². The maximum Gasteiger partial charge on any atom is 0.254 e. The van der Waals surface area contributed by atoms with Crippen LogP contribution in [-0.2, 0) is 10.0 Å². The number of carbonyl (C=O) groups is 1. The van der Waals surface area contributed by atoms with Gasteiger partial charge in [0, 0.05) is 31.6 Å². The van der Waals surface area contributed by atoms with E-state index in [1.165, 1.54) is 11.3 Å². The summed E-state index contributed by atoms with van der Waals surface area (Å²) in [6.07, 6.45) is 1.55. The van der Waals surface area contributed by atoms with Crippen LogP contribution in [0, 0.1) is 5.92 Å². The summed E-state index contributed by atoms with van der Waals surface area (Å²) < 4.78 is 26.4. The third kappa shape index (κ3) is 4.30. The van der Waals surface area contributed by atoms with Crippen LogP contribution in [0.25, 0.3) is 0 Å². The van der Waals surface area contributed by atoms with Crippen molar-refractivity contribution in [2.24, 2.45) is 5.92 Å². The molecule has 124 valence electrons. The van der Waals surface area contributed by atoms with Gasteiger partial charge in [-0.3, -0.25) is 4.79 Å². The topological polar surface area (TPSA) is 57.7 Å². The molecule has 5 nitrogen and oxygen atoms in total. The molecular formula is C15H24N2O3S2. The Kier molecular flexibility index (Phi) is 6.00. The molecule has 1 unspecified atom stereocenters. The molecule has 22 heavy (non-hydrogen) atoms. The first kappa shape index (κ1) is 17.4. The number of hydrogen-bond acceptors (Lipinski definition) is 4. The summed E-state index contributed by atoms with van der Waals surface area (Å²) in [4.78, 5) is 14.1. The van der Waals surface area contributed by atoms with Crippen molar-refractivity contribution >= 4 is 27.3 Å². The van der Waals surface area contributed by atoms with Crippen molar-refractivity contribution in [3.63, 3.8) is 0 Å². The Morgan fingerprint density at radius 3 is 2.73 bits per heavy atom.